The molecule has 1 unspecified atom stereocenters. The van der Waals surface area contributed by atoms with Gasteiger partial charge in [0.15, 0.2) is 0 Å². The van der Waals surface area contributed by atoms with Crippen LogP contribution in [-0.2, 0) is 12.8 Å². The first-order valence-corrected chi connectivity index (χ1v) is 7.46. The molecule has 2 aromatic rings. The van der Waals surface area contributed by atoms with Crippen LogP contribution in [0.15, 0.2) is 35.0 Å². The maximum absolute atomic E-state index is 3.43. The molecule has 0 aliphatic carbocycles. The van der Waals surface area contributed by atoms with Gasteiger partial charge in [-0.05, 0) is 59.8 Å². The minimum Gasteiger partial charge on any atom is -0.313 e. The van der Waals surface area contributed by atoms with Crippen LogP contribution in [0.1, 0.15) is 35.2 Å². The molecule has 1 atom stereocenters. The molecule has 18 heavy (non-hydrogen) atoms. The van der Waals surface area contributed by atoms with E-state index in [0.29, 0.717) is 6.04 Å². The third kappa shape index (κ3) is 3.01. The van der Waals surface area contributed by atoms with E-state index < -0.39 is 0 Å². The van der Waals surface area contributed by atoms with Gasteiger partial charge in [0.05, 0.1) is 0 Å². The van der Waals surface area contributed by atoms with Crippen molar-refractivity contribution in [3.63, 3.8) is 0 Å². The van der Waals surface area contributed by atoms with Crippen LogP contribution in [0.2, 0.25) is 0 Å². The Bertz CT molecular complexity index is 484. The van der Waals surface area contributed by atoms with E-state index in [9.17, 15) is 0 Å². The van der Waals surface area contributed by atoms with Gasteiger partial charge in [-0.3, -0.25) is 0 Å². The zero-order valence-corrected chi connectivity index (χ0v) is 12.2. The summed E-state index contributed by atoms with van der Waals surface area (Å²) in [6.07, 6.45) is 2.16. The Labute approximate surface area is 114 Å². The maximum Gasteiger partial charge on any atom is 0.0369 e. The third-order valence-corrected chi connectivity index (χ3v) is 4.37. The SMILES string of the molecule is CCc1ccc(CC(NC)c2cscc2C)cc1. The molecule has 0 aliphatic rings. The van der Waals surface area contributed by atoms with Gasteiger partial charge in [0.2, 0.25) is 0 Å². The molecule has 0 amide bonds. The van der Waals surface area contributed by atoms with Crippen molar-refractivity contribution in [2.45, 2.75) is 32.7 Å². The minimum absolute atomic E-state index is 0.420. The Morgan fingerprint density at radius 1 is 1.11 bits per heavy atom. The van der Waals surface area contributed by atoms with Crippen LogP contribution in [0, 0.1) is 6.92 Å². The van der Waals surface area contributed by atoms with Gasteiger partial charge in [0, 0.05) is 6.04 Å². The molecular weight excluding hydrogens is 238 g/mol. The molecule has 0 saturated carbocycles. The molecule has 0 radical (unpaired) electrons. The molecule has 0 spiro atoms. The number of likely N-dealkylation sites (N-methyl/N-ethyl adjacent to an activating group) is 1. The van der Waals surface area contributed by atoms with E-state index in [4.69, 9.17) is 0 Å². The van der Waals surface area contributed by atoms with E-state index in [1.54, 1.807) is 11.3 Å². The second-order valence-corrected chi connectivity index (χ2v) is 5.47. The molecule has 1 heterocycles. The summed E-state index contributed by atoms with van der Waals surface area (Å²) in [4.78, 5) is 0. The summed E-state index contributed by atoms with van der Waals surface area (Å²) >= 11 is 1.79. The smallest absolute Gasteiger partial charge is 0.0369 e. The van der Waals surface area contributed by atoms with Crippen molar-refractivity contribution in [2.75, 3.05) is 7.05 Å². The molecule has 0 bridgehead atoms. The Kier molecular flexibility index (Phi) is 4.56. The highest BCUT2D eigenvalue weighted by Gasteiger charge is 2.13. The van der Waals surface area contributed by atoms with Gasteiger partial charge in [-0.15, -0.1) is 0 Å². The molecule has 96 valence electrons. The Hall–Kier alpha value is -1.12. The summed E-state index contributed by atoms with van der Waals surface area (Å²) in [5.74, 6) is 0. The molecule has 0 saturated heterocycles. The Morgan fingerprint density at radius 3 is 2.28 bits per heavy atom. The van der Waals surface area contributed by atoms with Crippen molar-refractivity contribution >= 4 is 11.3 Å². The predicted octanol–water partition coefficient (Wildman–Crippen LogP) is 4.12. The van der Waals surface area contributed by atoms with Gasteiger partial charge in [-0.2, -0.15) is 11.3 Å². The molecule has 2 heteroatoms. The molecule has 1 aromatic carbocycles. The largest absolute Gasteiger partial charge is 0.313 e. The van der Waals surface area contributed by atoms with Crippen molar-refractivity contribution in [2.24, 2.45) is 0 Å². The highest BCUT2D eigenvalue weighted by molar-refractivity contribution is 7.08. The lowest BCUT2D eigenvalue weighted by Crippen LogP contribution is -2.19. The lowest BCUT2D eigenvalue weighted by molar-refractivity contribution is 0.591. The molecule has 1 N–H and O–H groups in total. The van der Waals surface area contributed by atoms with E-state index in [0.717, 1.165) is 12.8 Å². The van der Waals surface area contributed by atoms with Crippen molar-refractivity contribution in [3.05, 3.63) is 57.3 Å². The second kappa shape index (κ2) is 6.17. The minimum atomic E-state index is 0.420. The van der Waals surface area contributed by atoms with Crippen LogP contribution in [0.5, 0.6) is 0 Å². The zero-order chi connectivity index (χ0) is 13.0. The molecule has 0 fully saturated rings. The van der Waals surface area contributed by atoms with Crippen LogP contribution in [0.4, 0.5) is 0 Å². The number of rotatable bonds is 5. The maximum atomic E-state index is 3.43. The average Bonchev–Trinajstić information content (AvgIpc) is 2.83. The first kappa shape index (κ1) is 13.3. The fourth-order valence-electron chi connectivity index (χ4n) is 2.24. The average molecular weight is 259 g/mol. The number of nitrogens with one attached hydrogen (secondary N) is 1. The highest BCUT2D eigenvalue weighted by atomic mass is 32.1. The van der Waals surface area contributed by atoms with Gasteiger partial charge in [0.1, 0.15) is 0 Å². The van der Waals surface area contributed by atoms with E-state index in [1.807, 2.05) is 7.05 Å². The van der Waals surface area contributed by atoms with Crippen LogP contribution >= 0.6 is 11.3 Å². The first-order valence-electron chi connectivity index (χ1n) is 6.52. The standard InChI is InChI=1S/C16H21NS/c1-4-13-5-7-14(8-6-13)9-16(17-3)15-11-18-10-12(15)2/h5-8,10-11,16-17H,4,9H2,1-3H3. The van der Waals surface area contributed by atoms with Crippen molar-refractivity contribution in [1.82, 2.24) is 5.32 Å². The molecule has 0 aliphatic heterocycles. The lowest BCUT2D eigenvalue weighted by atomic mass is 9.98. The van der Waals surface area contributed by atoms with E-state index in [2.05, 4.69) is 54.2 Å². The fourth-order valence-corrected chi connectivity index (χ4v) is 3.15. The molecular formula is C16H21NS. The van der Waals surface area contributed by atoms with Gasteiger partial charge in [-0.25, -0.2) is 0 Å². The summed E-state index contributed by atoms with van der Waals surface area (Å²) < 4.78 is 0. The summed E-state index contributed by atoms with van der Waals surface area (Å²) in [6.45, 7) is 4.39. The van der Waals surface area contributed by atoms with Crippen LogP contribution in [0.3, 0.4) is 0 Å². The van der Waals surface area contributed by atoms with Crippen molar-refractivity contribution < 1.29 is 0 Å². The number of benzene rings is 1. The highest BCUT2D eigenvalue weighted by Crippen LogP contribution is 2.24. The first-order chi connectivity index (χ1) is 8.74. The summed E-state index contributed by atoms with van der Waals surface area (Å²) in [6, 6.07) is 9.41. The normalized spacial score (nSPS) is 12.6. The van der Waals surface area contributed by atoms with Crippen LogP contribution in [0.25, 0.3) is 0 Å². The van der Waals surface area contributed by atoms with Gasteiger partial charge in [0.25, 0.3) is 0 Å². The second-order valence-electron chi connectivity index (χ2n) is 4.73. The molecule has 1 aromatic heterocycles. The molecule has 2 rings (SSSR count). The lowest BCUT2D eigenvalue weighted by Gasteiger charge is -2.16. The van der Waals surface area contributed by atoms with Crippen LogP contribution in [-0.4, -0.2) is 7.05 Å². The topological polar surface area (TPSA) is 12.0 Å². The predicted molar refractivity (Wildman–Crippen MR) is 80.4 cm³/mol. The van der Waals surface area contributed by atoms with Crippen LogP contribution < -0.4 is 5.32 Å². The van der Waals surface area contributed by atoms with E-state index >= 15 is 0 Å². The quantitative estimate of drug-likeness (QED) is 0.851. The monoisotopic (exact) mass is 259 g/mol. The van der Waals surface area contributed by atoms with E-state index in [1.165, 1.54) is 22.3 Å². The number of thiophene rings is 1. The summed E-state index contributed by atoms with van der Waals surface area (Å²) in [5.41, 5.74) is 5.63. The Morgan fingerprint density at radius 2 is 1.78 bits per heavy atom. The number of hydrogen-bond donors (Lipinski definition) is 1. The summed E-state index contributed by atoms with van der Waals surface area (Å²) in [5, 5.41) is 7.91. The van der Waals surface area contributed by atoms with Crippen molar-refractivity contribution in [3.8, 4) is 0 Å². The summed E-state index contributed by atoms with van der Waals surface area (Å²) in [7, 11) is 2.04. The van der Waals surface area contributed by atoms with Gasteiger partial charge < -0.3 is 5.32 Å². The Balaban J connectivity index is 2.13. The fraction of sp³-hybridized carbons (Fsp3) is 0.375. The number of aryl methyl sites for hydroxylation is 2. The van der Waals surface area contributed by atoms with E-state index in [-0.39, 0.29) is 0 Å². The third-order valence-electron chi connectivity index (χ3n) is 3.49. The van der Waals surface area contributed by atoms with Crippen molar-refractivity contribution in [1.29, 1.82) is 0 Å². The number of hydrogen-bond acceptors (Lipinski definition) is 2. The van der Waals surface area contributed by atoms with Gasteiger partial charge in [-0.1, -0.05) is 31.2 Å². The zero-order valence-electron chi connectivity index (χ0n) is 11.4. The molecule has 1 nitrogen and oxygen atoms in total. The van der Waals surface area contributed by atoms with Gasteiger partial charge >= 0.3 is 0 Å².